The molecule has 0 saturated heterocycles. The summed E-state index contributed by atoms with van der Waals surface area (Å²) in [4.78, 5) is 27.2. The molecule has 1 saturated carbocycles. The Morgan fingerprint density at radius 2 is 2.00 bits per heavy atom. The molecule has 0 bridgehead atoms. The van der Waals surface area contributed by atoms with Gasteiger partial charge in [-0.2, -0.15) is 5.10 Å². The van der Waals surface area contributed by atoms with E-state index in [0.29, 0.717) is 31.2 Å². The van der Waals surface area contributed by atoms with E-state index in [0.717, 1.165) is 5.69 Å². The molecule has 7 heteroatoms. The number of carboxylic acid groups (broad SMARTS) is 1. The highest BCUT2D eigenvalue weighted by molar-refractivity contribution is 5.94. The van der Waals surface area contributed by atoms with Gasteiger partial charge in [0, 0.05) is 11.6 Å². The maximum absolute atomic E-state index is 12.4. The Balaban J connectivity index is 1.63. The molecule has 1 aliphatic rings. The van der Waals surface area contributed by atoms with Gasteiger partial charge in [-0.05, 0) is 43.9 Å². The topological polar surface area (TPSA) is 97.1 Å². The number of hydrogen-bond donors (Lipinski definition) is 2. The second kappa shape index (κ2) is 6.60. The van der Waals surface area contributed by atoms with Crippen LogP contribution in [0.1, 0.15) is 36.0 Å². The van der Waals surface area contributed by atoms with E-state index >= 15 is 0 Å². The summed E-state index contributed by atoms with van der Waals surface area (Å²) in [6.07, 6.45) is 5.63. The van der Waals surface area contributed by atoms with E-state index in [4.69, 9.17) is 5.11 Å². The van der Waals surface area contributed by atoms with E-state index in [9.17, 15) is 9.59 Å². The molecule has 1 aromatic carbocycles. The third-order valence-corrected chi connectivity index (χ3v) is 4.20. The van der Waals surface area contributed by atoms with Crippen LogP contribution in [-0.4, -0.2) is 37.8 Å². The Morgan fingerprint density at radius 1 is 1.22 bits per heavy atom. The minimum Gasteiger partial charge on any atom is -0.481 e. The van der Waals surface area contributed by atoms with Crippen LogP contribution in [0.25, 0.3) is 5.69 Å². The highest BCUT2D eigenvalue weighted by Gasteiger charge is 2.26. The van der Waals surface area contributed by atoms with Crippen molar-refractivity contribution in [3.05, 3.63) is 42.5 Å². The van der Waals surface area contributed by atoms with E-state index in [1.165, 1.54) is 6.33 Å². The molecule has 7 nitrogen and oxygen atoms in total. The molecule has 23 heavy (non-hydrogen) atoms. The number of amides is 1. The number of hydrogen-bond acceptors (Lipinski definition) is 4. The van der Waals surface area contributed by atoms with Gasteiger partial charge in [0.25, 0.3) is 5.91 Å². The SMILES string of the molecule is O=C(NC1CCC(C(=O)O)CC1)c1cccc(-n2cncn2)c1. The monoisotopic (exact) mass is 314 g/mol. The van der Waals surface area contributed by atoms with Crippen molar-refractivity contribution in [2.75, 3.05) is 0 Å². The van der Waals surface area contributed by atoms with E-state index in [-0.39, 0.29) is 17.9 Å². The van der Waals surface area contributed by atoms with Crippen LogP contribution >= 0.6 is 0 Å². The predicted octanol–water partition coefficient (Wildman–Crippen LogP) is 1.64. The average molecular weight is 314 g/mol. The molecule has 0 spiro atoms. The fourth-order valence-corrected chi connectivity index (χ4v) is 2.88. The van der Waals surface area contributed by atoms with E-state index in [1.54, 1.807) is 29.2 Å². The van der Waals surface area contributed by atoms with Crippen molar-refractivity contribution in [2.45, 2.75) is 31.7 Å². The van der Waals surface area contributed by atoms with Gasteiger partial charge in [-0.15, -0.1) is 0 Å². The summed E-state index contributed by atoms with van der Waals surface area (Å²) in [6, 6.07) is 7.19. The lowest BCUT2D eigenvalue weighted by Crippen LogP contribution is -2.38. The second-order valence-corrected chi connectivity index (χ2v) is 5.75. The first-order valence-corrected chi connectivity index (χ1v) is 7.62. The molecule has 2 aromatic rings. The maximum Gasteiger partial charge on any atom is 0.306 e. The summed E-state index contributed by atoms with van der Waals surface area (Å²) < 4.78 is 1.59. The summed E-state index contributed by atoms with van der Waals surface area (Å²) in [5.41, 5.74) is 1.32. The Bertz CT molecular complexity index is 691. The van der Waals surface area contributed by atoms with Crippen LogP contribution in [-0.2, 0) is 4.79 Å². The number of nitrogens with one attached hydrogen (secondary N) is 1. The van der Waals surface area contributed by atoms with Crippen LogP contribution in [0.4, 0.5) is 0 Å². The predicted molar refractivity (Wildman–Crippen MR) is 82.2 cm³/mol. The minimum absolute atomic E-state index is 0.0353. The Kier molecular flexibility index (Phi) is 4.36. The molecule has 1 heterocycles. The Hall–Kier alpha value is -2.70. The molecule has 1 fully saturated rings. The fourth-order valence-electron chi connectivity index (χ4n) is 2.88. The van der Waals surface area contributed by atoms with Crippen LogP contribution in [0, 0.1) is 5.92 Å². The van der Waals surface area contributed by atoms with E-state index in [2.05, 4.69) is 15.4 Å². The lowest BCUT2D eigenvalue weighted by Gasteiger charge is -2.26. The molecule has 0 radical (unpaired) electrons. The molecular weight excluding hydrogens is 296 g/mol. The van der Waals surface area contributed by atoms with Crippen LogP contribution in [0.5, 0.6) is 0 Å². The fraction of sp³-hybridized carbons (Fsp3) is 0.375. The lowest BCUT2D eigenvalue weighted by atomic mass is 9.86. The van der Waals surface area contributed by atoms with E-state index in [1.807, 2.05) is 6.07 Å². The van der Waals surface area contributed by atoms with Crippen molar-refractivity contribution in [1.29, 1.82) is 0 Å². The molecule has 1 aromatic heterocycles. The smallest absolute Gasteiger partial charge is 0.306 e. The molecule has 2 N–H and O–H groups in total. The van der Waals surface area contributed by atoms with Crippen molar-refractivity contribution in [1.82, 2.24) is 20.1 Å². The largest absolute Gasteiger partial charge is 0.481 e. The number of rotatable bonds is 4. The van der Waals surface area contributed by atoms with Gasteiger partial charge in [0.15, 0.2) is 0 Å². The molecule has 0 atom stereocenters. The third-order valence-electron chi connectivity index (χ3n) is 4.20. The average Bonchev–Trinajstić information content (AvgIpc) is 3.10. The normalized spacial score (nSPS) is 20.9. The van der Waals surface area contributed by atoms with Gasteiger partial charge in [-0.25, -0.2) is 9.67 Å². The number of carbonyl (C=O) groups is 2. The number of aliphatic carboxylic acids is 1. The van der Waals surface area contributed by atoms with Gasteiger partial charge >= 0.3 is 5.97 Å². The maximum atomic E-state index is 12.4. The molecule has 120 valence electrons. The molecule has 0 unspecified atom stereocenters. The van der Waals surface area contributed by atoms with Gasteiger partial charge in [0.1, 0.15) is 12.7 Å². The lowest BCUT2D eigenvalue weighted by molar-refractivity contribution is -0.142. The highest BCUT2D eigenvalue weighted by Crippen LogP contribution is 2.24. The van der Waals surface area contributed by atoms with Gasteiger partial charge < -0.3 is 10.4 Å². The standard InChI is InChI=1S/C16H18N4O3/c21-15(19-13-6-4-11(5-7-13)16(22)23)12-2-1-3-14(8-12)20-10-17-9-18-20/h1-3,8-11,13H,4-7H2,(H,19,21)(H,22,23). The third kappa shape index (κ3) is 3.56. The van der Waals surface area contributed by atoms with Crippen LogP contribution in [0.3, 0.4) is 0 Å². The number of carboxylic acids is 1. The van der Waals surface area contributed by atoms with Crippen molar-refractivity contribution in [3.63, 3.8) is 0 Å². The summed E-state index contributed by atoms with van der Waals surface area (Å²) in [6.45, 7) is 0. The summed E-state index contributed by atoms with van der Waals surface area (Å²) >= 11 is 0. The number of nitrogens with zero attached hydrogens (tertiary/aromatic N) is 3. The summed E-state index contributed by atoms with van der Waals surface area (Å²) in [7, 11) is 0. The van der Waals surface area contributed by atoms with Crippen LogP contribution < -0.4 is 5.32 Å². The highest BCUT2D eigenvalue weighted by atomic mass is 16.4. The first-order chi connectivity index (χ1) is 11.1. The first kappa shape index (κ1) is 15.2. The van der Waals surface area contributed by atoms with Gasteiger partial charge in [0.2, 0.25) is 0 Å². The van der Waals surface area contributed by atoms with Crippen molar-refractivity contribution in [2.24, 2.45) is 5.92 Å². The van der Waals surface area contributed by atoms with Crippen molar-refractivity contribution >= 4 is 11.9 Å². The van der Waals surface area contributed by atoms with Gasteiger partial charge in [0.05, 0.1) is 11.6 Å². The zero-order valence-electron chi connectivity index (χ0n) is 12.6. The zero-order chi connectivity index (χ0) is 16.2. The van der Waals surface area contributed by atoms with Gasteiger partial charge in [-0.3, -0.25) is 9.59 Å². The summed E-state index contributed by atoms with van der Waals surface area (Å²) in [5.74, 6) is -1.17. The minimum atomic E-state index is -0.740. The van der Waals surface area contributed by atoms with Crippen molar-refractivity contribution < 1.29 is 14.7 Å². The van der Waals surface area contributed by atoms with E-state index < -0.39 is 5.97 Å². The van der Waals surface area contributed by atoms with Gasteiger partial charge in [-0.1, -0.05) is 6.07 Å². The number of carbonyl (C=O) groups excluding carboxylic acids is 1. The molecule has 1 amide bonds. The van der Waals surface area contributed by atoms with Crippen LogP contribution in [0.15, 0.2) is 36.9 Å². The quantitative estimate of drug-likeness (QED) is 0.894. The summed E-state index contributed by atoms with van der Waals surface area (Å²) in [5, 5.41) is 16.0. The van der Waals surface area contributed by atoms with Crippen molar-refractivity contribution in [3.8, 4) is 5.69 Å². The second-order valence-electron chi connectivity index (χ2n) is 5.75. The first-order valence-electron chi connectivity index (χ1n) is 7.62. The zero-order valence-corrected chi connectivity index (χ0v) is 12.6. The molecule has 0 aliphatic heterocycles. The molecular formula is C16H18N4O3. The van der Waals surface area contributed by atoms with Crippen LogP contribution in [0.2, 0.25) is 0 Å². The Labute approximate surface area is 133 Å². The number of benzene rings is 1. The molecule has 1 aliphatic carbocycles. The molecule has 3 rings (SSSR count). The Morgan fingerprint density at radius 3 is 2.65 bits per heavy atom. The number of aromatic nitrogens is 3.